The number of nitrogens with zero attached hydrogens (tertiary/aromatic N) is 1. The molecule has 0 amide bonds. The van der Waals surface area contributed by atoms with Crippen LogP contribution in [0.3, 0.4) is 0 Å². The van der Waals surface area contributed by atoms with E-state index >= 15 is 0 Å². The van der Waals surface area contributed by atoms with Gasteiger partial charge >= 0.3 is 0 Å². The molecular weight excluding hydrogens is 232 g/mol. The van der Waals surface area contributed by atoms with Crippen molar-refractivity contribution < 1.29 is 0 Å². The molecule has 3 atom stereocenters. The summed E-state index contributed by atoms with van der Waals surface area (Å²) >= 11 is 0. The fraction of sp³-hybridized carbons (Fsp3) is 1.00. The van der Waals surface area contributed by atoms with Crippen molar-refractivity contribution in [3.63, 3.8) is 0 Å². The highest BCUT2D eigenvalue weighted by atomic mass is 15.2. The predicted octanol–water partition coefficient (Wildman–Crippen LogP) is 3.65. The zero-order valence-electron chi connectivity index (χ0n) is 13.3. The Bertz CT molecular complexity index is 258. The van der Waals surface area contributed by atoms with E-state index in [2.05, 4.69) is 25.8 Å². The van der Waals surface area contributed by atoms with Crippen LogP contribution in [0.25, 0.3) is 0 Å². The second kappa shape index (κ2) is 7.08. The van der Waals surface area contributed by atoms with Crippen LogP contribution >= 0.6 is 0 Å². The summed E-state index contributed by atoms with van der Waals surface area (Å²) in [4.78, 5) is 2.66. The maximum absolute atomic E-state index is 6.14. The van der Waals surface area contributed by atoms with Crippen molar-refractivity contribution >= 4 is 0 Å². The number of rotatable bonds is 4. The second-order valence-corrected chi connectivity index (χ2v) is 7.41. The fourth-order valence-electron chi connectivity index (χ4n) is 4.44. The Labute approximate surface area is 120 Å². The lowest BCUT2D eigenvalue weighted by atomic mass is 9.77. The third-order valence-corrected chi connectivity index (χ3v) is 5.85. The minimum Gasteiger partial charge on any atom is -0.329 e. The van der Waals surface area contributed by atoms with Gasteiger partial charge in [-0.25, -0.2) is 0 Å². The van der Waals surface area contributed by atoms with Crippen molar-refractivity contribution in [2.75, 3.05) is 13.6 Å². The highest BCUT2D eigenvalue weighted by Crippen LogP contribution is 2.35. The van der Waals surface area contributed by atoms with Crippen LogP contribution in [-0.2, 0) is 0 Å². The van der Waals surface area contributed by atoms with Crippen LogP contribution in [-0.4, -0.2) is 30.6 Å². The molecule has 2 aliphatic carbocycles. The van der Waals surface area contributed by atoms with Crippen LogP contribution in [0, 0.1) is 17.8 Å². The van der Waals surface area contributed by atoms with E-state index in [1.165, 1.54) is 51.4 Å². The molecule has 2 N–H and O–H groups in total. The summed E-state index contributed by atoms with van der Waals surface area (Å²) in [5.74, 6) is 2.70. The summed E-state index contributed by atoms with van der Waals surface area (Å²) in [5.41, 5.74) is 6.14. The molecule has 0 heterocycles. The van der Waals surface area contributed by atoms with Gasteiger partial charge in [-0.2, -0.15) is 0 Å². The maximum atomic E-state index is 6.14. The average molecular weight is 266 g/mol. The minimum absolute atomic E-state index is 0.626. The summed E-state index contributed by atoms with van der Waals surface area (Å²) in [6, 6.07) is 1.42. The zero-order valence-corrected chi connectivity index (χ0v) is 13.3. The number of hydrogen-bond donors (Lipinski definition) is 1. The van der Waals surface area contributed by atoms with Crippen LogP contribution in [0.2, 0.25) is 0 Å². The van der Waals surface area contributed by atoms with E-state index in [9.17, 15) is 0 Å². The van der Waals surface area contributed by atoms with Gasteiger partial charge in [0.1, 0.15) is 0 Å². The van der Waals surface area contributed by atoms with Crippen molar-refractivity contribution in [2.45, 2.75) is 77.3 Å². The molecule has 0 bridgehead atoms. The number of hydrogen-bond acceptors (Lipinski definition) is 2. The van der Waals surface area contributed by atoms with Gasteiger partial charge in [-0.15, -0.1) is 0 Å². The Balaban J connectivity index is 1.92. The van der Waals surface area contributed by atoms with Crippen LogP contribution in [0.15, 0.2) is 0 Å². The van der Waals surface area contributed by atoms with Gasteiger partial charge in [-0.1, -0.05) is 26.7 Å². The quantitative estimate of drug-likeness (QED) is 0.841. The van der Waals surface area contributed by atoms with E-state index < -0.39 is 0 Å². The molecule has 2 heteroatoms. The van der Waals surface area contributed by atoms with E-state index in [-0.39, 0.29) is 0 Å². The molecule has 2 aliphatic rings. The molecule has 0 aliphatic heterocycles. The first-order valence-corrected chi connectivity index (χ1v) is 8.53. The average Bonchev–Trinajstić information content (AvgIpc) is 2.40. The Hall–Kier alpha value is -0.0800. The molecular formula is C17H34N2. The van der Waals surface area contributed by atoms with Crippen molar-refractivity contribution in [1.29, 1.82) is 0 Å². The third kappa shape index (κ3) is 3.95. The predicted molar refractivity (Wildman–Crippen MR) is 83.1 cm³/mol. The van der Waals surface area contributed by atoms with E-state index in [0.29, 0.717) is 6.04 Å². The molecule has 2 rings (SSSR count). The molecule has 3 unspecified atom stereocenters. The molecule has 19 heavy (non-hydrogen) atoms. The monoisotopic (exact) mass is 266 g/mol. The van der Waals surface area contributed by atoms with Gasteiger partial charge < -0.3 is 5.73 Å². The van der Waals surface area contributed by atoms with E-state index in [4.69, 9.17) is 5.73 Å². The van der Waals surface area contributed by atoms with Gasteiger partial charge in [0.2, 0.25) is 0 Å². The summed E-state index contributed by atoms with van der Waals surface area (Å²) < 4.78 is 0. The molecule has 2 nitrogen and oxygen atoms in total. The van der Waals surface area contributed by atoms with Gasteiger partial charge in [-0.3, -0.25) is 4.90 Å². The normalized spacial score (nSPS) is 38.4. The van der Waals surface area contributed by atoms with E-state index in [0.717, 1.165) is 30.3 Å². The van der Waals surface area contributed by atoms with Gasteiger partial charge in [0.05, 0.1) is 0 Å². The first-order chi connectivity index (χ1) is 9.11. The van der Waals surface area contributed by atoms with Crippen molar-refractivity contribution in [3.8, 4) is 0 Å². The number of nitrogens with two attached hydrogens (primary N) is 1. The Kier molecular flexibility index (Phi) is 5.70. The Morgan fingerprint density at radius 3 is 2.26 bits per heavy atom. The summed E-state index contributed by atoms with van der Waals surface area (Å²) in [5, 5.41) is 0. The highest BCUT2D eigenvalue weighted by molar-refractivity contribution is 4.87. The van der Waals surface area contributed by atoms with Crippen LogP contribution < -0.4 is 5.73 Å². The van der Waals surface area contributed by atoms with Crippen molar-refractivity contribution in [3.05, 3.63) is 0 Å². The lowest BCUT2D eigenvalue weighted by molar-refractivity contribution is 0.0701. The van der Waals surface area contributed by atoms with Crippen molar-refractivity contribution in [2.24, 2.45) is 23.5 Å². The zero-order chi connectivity index (χ0) is 13.8. The molecule has 2 saturated carbocycles. The Morgan fingerprint density at radius 2 is 1.68 bits per heavy atom. The minimum atomic E-state index is 0.626. The summed E-state index contributed by atoms with van der Waals surface area (Å²) in [6.45, 7) is 5.67. The fourth-order valence-corrected chi connectivity index (χ4v) is 4.44. The van der Waals surface area contributed by atoms with E-state index in [1.807, 2.05) is 0 Å². The third-order valence-electron chi connectivity index (χ3n) is 5.85. The SMILES string of the molecule is CC1CCC(N(C)C(CN)C2CCCC(C)C2)CC1. The highest BCUT2D eigenvalue weighted by Gasteiger charge is 2.32. The van der Waals surface area contributed by atoms with Crippen LogP contribution in [0.1, 0.15) is 65.2 Å². The largest absolute Gasteiger partial charge is 0.329 e. The van der Waals surface area contributed by atoms with Crippen LogP contribution in [0.4, 0.5) is 0 Å². The molecule has 0 aromatic rings. The van der Waals surface area contributed by atoms with Crippen LogP contribution in [0.5, 0.6) is 0 Å². The smallest absolute Gasteiger partial charge is 0.0246 e. The second-order valence-electron chi connectivity index (χ2n) is 7.41. The first kappa shape index (κ1) is 15.3. The van der Waals surface area contributed by atoms with Gasteiger partial charge in [-0.05, 0) is 63.3 Å². The van der Waals surface area contributed by atoms with Gasteiger partial charge in [0.25, 0.3) is 0 Å². The molecule has 0 aromatic carbocycles. The molecule has 0 aromatic heterocycles. The molecule has 0 radical (unpaired) electrons. The summed E-state index contributed by atoms with van der Waals surface area (Å²) in [6.07, 6.45) is 11.2. The molecule has 112 valence electrons. The lowest BCUT2D eigenvalue weighted by Crippen LogP contribution is -2.50. The Morgan fingerprint density at radius 1 is 1.00 bits per heavy atom. The van der Waals surface area contributed by atoms with Crippen molar-refractivity contribution in [1.82, 2.24) is 4.90 Å². The molecule has 2 fully saturated rings. The first-order valence-electron chi connectivity index (χ1n) is 8.53. The maximum Gasteiger partial charge on any atom is 0.0246 e. The topological polar surface area (TPSA) is 29.3 Å². The van der Waals surface area contributed by atoms with Gasteiger partial charge in [0, 0.05) is 18.6 Å². The lowest BCUT2D eigenvalue weighted by Gasteiger charge is -2.43. The van der Waals surface area contributed by atoms with Gasteiger partial charge in [0.15, 0.2) is 0 Å². The standard InChI is InChI=1S/C17H34N2/c1-13-7-9-16(10-8-13)19(3)17(12-18)15-6-4-5-14(2)11-15/h13-17H,4-12,18H2,1-3H3. The van der Waals surface area contributed by atoms with E-state index in [1.54, 1.807) is 0 Å². The molecule has 0 saturated heterocycles. The number of likely N-dealkylation sites (N-methyl/N-ethyl adjacent to an activating group) is 1. The molecule has 0 spiro atoms. The summed E-state index contributed by atoms with van der Waals surface area (Å²) in [7, 11) is 2.34.